The summed E-state index contributed by atoms with van der Waals surface area (Å²) in [7, 11) is -8.01. The monoisotopic (exact) mass is 450 g/mol. The first-order valence-corrected chi connectivity index (χ1v) is 12.2. The summed E-state index contributed by atoms with van der Waals surface area (Å²) >= 11 is 0. The predicted octanol–water partition coefficient (Wildman–Crippen LogP) is 0.271. The molecule has 0 heterocycles. The Kier molecular flexibility index (Phi) is 14.9. The van der Waals surface area contributed by atoms with E-state index in [-0.39, 0.29) is 19.0 Å². The molecule has 168 valence electrons. The Morgan fingerprint density at radius 2 is 1.29 bits per heavy atom. The maximum Gasteiger partial charge on any atom is 0.328 e. The van der Waals surface area contributed by atoms with Crippen molar-refractivity contribution in [1.82, 2.24) is 0 Å². The number of hydrogen-bond acceptors (Lipinski definition) is 6. The van der Waals surface area contributed by atoms with Gasteiger partial charge in [-0.05, 0) is 32.1 Å². The molecule has 3 atom stereocenters. The fourth-order valence-corrected chi connectivity index (χ4v) is 3.68. The van der Waals surface area contributed by atoms with Crippen LogP contribution >= 0.6 is 15.2 Å². The lowest BCUT2D eigenvalue weighted by atomic mass is 10.1. The number of aliphatic carboxylic acids is 2. The largest absolute Gasteiger partial charge is 0.480 e. The van der Waals surface area contributed by atoms with Gasteiger partial charge < -0.3 is 41.3 Å². The van der Waals surface area contributed by atoms with Crippen LogP contribution in [0.1, 0.15) is 51.9 Å². The van der Waals surface area contributed by atoms with E-state index in [1.807, 2.05) is 0 Å². The molecule has 0 saturated heterocycles. The Morgan fingerprint density at radius 1 is 0.821 bits per heavy atom. The van der Waals surface area contributed by atoms with E-state index in [9.17, 15) is 18.7 Å². The number of rotatable bonds is 13. The minimum atomic E-state index is -4.11. The Morgan fingerprint density at radius 3 is 1.64 bits per heavy atom. The highest BCUT2D eigenvalue weighted by Gasteiger charge is 2.27. The van der Waals surface area contributed by atoms with Crippen LogP contribution in [-0.4, -0.2) is 65.6 Å². The van der Waals surface area contributed by atoms with Crippen LogP contribution in [-0.2, 0) is 18.7 Å². The van der Waals surface area contributed by atoms with Gasteiger partial charge in [-0.2, -0.15) is 0 Å². The molecule has 0 radical (unpaired) electrons. The number of hydrogen-bond donors (Lipinski definition) is 8. The zero-order chi connectivity index (χ0) is 22.5. The van der Waals surface area contributed by atoms with Gasteiger partial charge in [0, 0.05) is 6.16 Å². The van der Waals surface area contributed by atoms with Crippen molar-refractivity contribution in [2.45, 2.75) is 69.6 Å². The number of nitrogens with two attached hydrogens (primary N) is 2. The molecule has 0 fully saturated rings. The van der Waals surface area contributed by atoms with Gasteiger partial charge in [0.25, 0.3) is 0 Å². The van der Waals surface area contributed by atoms with E-state index < -0.39 is 44.9 Å². The molecule has 0 rings (SSSR count). The summed E-state index contributed by atoms with van der Waals surface area (Å²) in [6, 6.07) is -1.92. The quantitative estimate of drug-likeness (QED) is 0.139. The van der Waals surface area contributed by atoms with Crippen LogP contribution in [0.5, 0.6) is 0 Å². The lowest BCUT2D eigenvalue weighted by Crippen LogP contribution is -2.31. The molecular formula is C14H32N2O10P2. The van der Waals surface area contributed by atoms with E-state index in [0.717, 1.165) is 0 Å². The minimum absolute atomic E-state index is 0.0823. The fraction of sp³-hybridized carbons (Fsp3) is 0.857. The van der Waals surface area contributed by atoms with Crippen LogP contribution in [0.4, 0.5) is 0 Å². The maximum absolute atomic E-state index is 10.9. The first-order valence-electron chi connectivity index (χ1n) is 8.68. The third kappa shape index (κ3) is 17.3. The average molecular weight is 450 g/mol. The molecule has 0 aliphatic carbocycles. The lowest BCUT2D eigenvalue weighted by molar-refractivity contribution is -0.139. The summed E-state index contributed by atoms with van der Waals surface area (Å²) in [6.45, 7) is 1.65. The van der Waals surface area contributed by atoms with Crippen LogP contribution in [0.25, 0.3) is 0 Å². The molecule has 0 spiro atoms. The number of unbranched alkanes of at least 4 members (excludes halogenated alkanes) is 2. The van der Waals surface area contributed by atoms with E-state index >= 15 is 0 Å². The molecule has 14 heteroatoms. The summed E-state index contributed by atoms with van der Waals surface area (Å²) in [4.78, 5) is 55.3. The van der Waals surface area contributed by atoms with Gasteiger partial charge in [-0.15, -0.1) is 0 Å². The van der Waals surface area contributed by atoms with Crippen LogP contribution in [0.15, 0.2) is 0 Å². The average Bonchev–Trinajstić information content (AvgIpc) is 2.52. The number of carbonyl (C=O) groups is 2. The fourth-order valence-electron chi connectivity index (χ4n) is 2.09. The SMILES string of the molecule is CCC(CCC(N)C(=O)O)P(=O)(O)O.NC(CCCCCP(=O)(O)O)C(=O)O. The van der Waals surface area contributed by atoms with Crippen molar-refractivity contribution < 1.29 is 48.5 Å². The van der Waals surface area contributed by atoms with Crippen molar-refractivity contribution in [1.29, 1.82) is 0 Å². The third-order valence-corrected chi connectivity index (χ3v) is 6.33. The second-order valence-corrected chi connectivity index (χ2v) is 10.0. The van der Waals surface area contributed by atoms with Gasteiger partial charge in [-0.3, -0.25) is 18.7 Å². The van der Waals surface area contributed by atoms with E-state index in [4.69, 9.17) is 41.3 Å². The van der Waals surface area contributed by atoms with Gasteiger partial charge >= 0.3 is 27.1 Å². The highest BCUT2D eigenvalue weighted by Crippen LogP contribution is 2.45. The molecule has 0 aromatic rings. The summed E-state index contributed by atoms with van der Waals surface area (Å²) < 4.78 is 21.3. The minimum Gasteiger partial charge on any atom is -0.480 e. The topological polar surface area (TPSA) is 242 Å². The molecule has 10 N–H and O–H groups in total. The number of carboxylic acid groups (broad SMARTS) is 2. The first kappa shape index (κ1) is 29.4. The molecule has 0 bridgehead atoms. The molecule has 28 heavy (non-hydrogen) atoms. The third-order valence-electron chi connectivity index (χ3n) is 3.86. The standard InChI is InChI=1S/2C7H16NO5P/c1-2-5(14(11,12)13)3-4-6(8)7(9)10;8-6(7(9)10)4-2-1-3-5-14(11,12)13/h5-6H,2-4,8H2,1H3,(H,9,10)(H2,11,12,13);6H,1-5,8H2,(H,9,10)(H2,11,12,13). The van der Waals surface area contributed by atoms with Crippen LogP contribution in [0.2, 0.25) is 0 Å². The lowest BCUT2D eigenvalue weighted by Gasteiger charge is -2.17. The highest BCUT2D eigenvalue weighted by molar-refractivity contribution is 7.52. The van der Waals surface area contributed by atoms with Crippen molar-refractivity contribution in [2.24, 2.45) is 11.5 Å². The van der Waals surface area contributed by atoms with Gasteiger partial charge in [0.1, 0.15) is 12.1 Å². The molecule has 0 amide bonds. The maximum atomic E-state index is 10.9. The molecular weight excluding hydrogens is 418 g/mol. The van der Waals surface area contributed by atoms with E-state index in [1.165, 1.54) is 0 Å². The molecule has 0 aromatic carbocycles. The van der Waals surface area contributed by atoms with E-state index in [1.54, 1.807) is 6.92 Å². The molecule has 0 saturated carbocycles. The van der Waals surface area contributed by atoms with Crippen molar-refractivity contribution in [3.8, 4) is 0 Å². The summed E-state index contributed by atoms with van der Waals surface area (Å²) in [5.74, 6) is -2.19. The van der Waals surface area contributed by atoms with Crippen molar-refractivity contribution in [3.63, 3.8) is 0 Å². The Labute approximate surface area is 163 Å². The molecule has 0 aliphatic rings. The Balaban J connectivity index is 0. The van der Waals surface area contributed by atoms with E-state index in [0.29, 0.717) is 32.1 Å². The smallest absolute Gasteiger partial charge is 0.328 e. The highest BCUT2D eigenvalue weighted by atomic mass is 31.2. The first-order chi connectivity index (χ1) is 12.6. The second kappa shape index (κ2) is 14.2. The van der Waals surface area contributed by atoms with Crippen LogP contribution in [0.3, 0.4) is 0 Å². The molecule has 3 unspecified atom stereocenters. The van der Waals surface area contributed by atoms with Crippen molar-refractivity contribution in [3.05, 3.63) is 0 Å². The summed E-state index contributed by atoms with van der Waals surface area (Å²) in [6.07, 6.45) is 2.30. The van der Waals surface area contributed by atoms with Gasteiger partial charge in [-0.1, -0.05) is 19.8 Å². The number of carboxylic acids is 2. The Hall–Kier alpha value is -0.840. The molecule has 12 nitrogen and oxygen atoms in total. The van der Waals surface area contributed by atoms with Gasteiger partial charge in [0.15, 0.2) is 0 Å². The van der Waals surface area contributed by atoms with Crippen molar-refractivity contribution >= 4 is 27.1 Å². The van der Waals surface area contributed by atoms with E-state index in [2.05, 4.69) is 0 Å². The Bertz CT molecular complexity index is 562. The summed E-state index contributed by atoms with van der Waals surface area (Å²) in [5.41, 5.74) is 9.66. The van der Waals surface area contributed by atoms with Crippen molar-refractivity contribution in [2.75, 3.05) is 6.16 Å². The second-order valence-electron chi connectivity index (χ2n) is 6.36. The van der Waals surface area contributed by atoms with Crippen LogP contribution < -0.4 is 11.5 Å². The normalized spacial score (nSPS) is 15.1. The van der Waals surface area contributed by atoms with Gasteiger partial charge in [0.2, 0.25) is 0 Å². The van der Waals surface area contributed by atoms with Crippen LogP contribution in [0, 0.1) is 0 Å². The molecule has 0 aromatic heterocycles. The molecule has 0 aliphatic heterocycles. The van der Waals surface area contributed by atoms with Gasteiger partial charge in [0.05, 0.1) is 5.66 Å². The zero-order valence-corrected chi connectivity index (χ0v) is 17.5. The predicted molar refractivity (Wildman–Crippen MR) is 102 cm³/mol. The summed E-state index contributed by atoms with van der Waals surface area (Å²) in [5, 5.41) is 16.9. The van der Waals surface area contributed by atoms with Gasteiger partial charge in [-0.25, -0.2) is 0 Å². The zero-order valence-electron chi connectivity index (χ0n) is 15.8.